The third-order valence-corrected chi connectivity index (χ3v) is 1.72. The molecule has 0 bridgehead atoms. The monoisotopic (exact) mass is 151 g/mol. The summed E-state index contributed by atoms with van der Waals surface area (Å²) in [6, 6.07) is 0.197. The quantitative estimate of drug-likeness (QED) is 0.649. The fourth-order valence-corrected chi connectivity index (χ4v) is 1.05. The highest BCUT2D eigenvalue weighted by Gasteiger charge is 2.06. The minimum Gasteiger partial charge on any atom is -0.336 e. The van der Waals surface area contributed by atoms with Crippen molar-refractivity contribution in [1.82, 2.24) is 14.9 Å². The van der Waals surface area contributed by atoms with Gasteiger partial charge in [0, 0.05) is 7.05 Å². The van der Waals surface area contributed by atoms with Crippen LogP contribution in [-0.4, -0.2) is 16.6 Å². The molecular formula is C8H13N3. The minimum atomic E-state index is 0.197. The van der Waals surface area contributed by atoms with Gasteiger partial charge >= 0.3 is 0 Å². The van der Waals surface area contributed by atoms with Gasteiger partial charge in [-0.1, -0.05) is 6.08 Å². The first-order chi connectivity index (χ1) is 5.29. The number of hydrogen-bond acceptors (Lipinski definition) is 2. The van der Waals surface area contributed by atoms with Crippen LogP contribution in [0.25, 0.3) is 0 Å². The third kappa shape index (κ3) is 1.49. The number of likely N-dealkylation sites (N-methyl/N-ethyl adjacent to an activating group) is 1. The molecule has 0 saturated heterocycles. The van der Waals surface area contributed by atoms with E-state index in [9.17, 15) is 0 Å². The first-order valence-corrected chi connectivity index (χ1v) is 3.55. The van der Waals surface area contributed by atoms with E-state index < -0.39 is 0 Å². The lowest BCUT2D eigenvalue weighted by Crippen LogP contribution is -2.16. The molecule has 3 nitrogen and oxygen atoms in total. The summed E-state index contributed by atoms with van der Waals surface area (Å²) >= 11 is 0. The van der Waals surface area contributed by atoms with Crippen molar-refractivity contribution in [2.24, 2.45) is 7.05 Å². The third-order valence-electron chi connectivity index (χ3n) is 1.72. The van der Waals surface area contributed by atoms with Gasteiger partial charge in [-0.3, -0.25) is 0 Å². The van der Waals surface area contributed by atoms with E-state index in [2.05, 4.69) is 16.9 Å². The van der Waals surface area contributed by atoms with Gasteiger partial charge in [0.15, 0.2) is 0 Å². The van der Waals surface area contributed by atoms with E-state index in [1.165, 1.54) is 0 Å². The van der Waals surface area contributed by atoms with Crippen molar-refractivity contribution in [1.29, 1.82) is 0 Å². The molecular weight excluding hydrogens is 138 g/mol. The molecule has 1 unspecified atom stereocenters. The number of hydrogen-bond donors (Lipinski definition) is 1. The Morgan fingerprint density at radius 3 is 2.91 bits per heavy atom. The Kier molecular flexibility index (Phi) is 2.44. The molecule has 11 heavy (non-hydrogen) atoms. The standard InChI is InChI=1S/C8H13N3/c1-4-7(9-2)8-5-10-6-11(8)3/h4-7,9H,1H2,2-3H3. The van der Waals surface area contributed by atoms with Crippen LogP contribution >= 0.6 is 0 Å². The van der Waals surface area contributed by atoms with Crippen LogP contribution in [0.4, 0.5) is 0 Å². The van der Waals surface area contributed by atoms with Crippen LogP contribution in [0.15, 0.2) is 25.2 Å². The van der Waals surface area contributed by atoms with Gasteiger partial charge in [-0.25, -0.2) is 4.98 Å². The Bertz CT molecular complexity index is 239. The van der Waals surface area contributed by atoms with Gasteiger partial charge in [-0.05, 0) is 7.05 Å². The Morgan fingerprint density at radius 1 is 1.82 bits per heavy atom. The first kappa shape index (κ1) is 8.01. The van der Waals surface area contributed by atoms with Crippen LogP contribution in [0.2, 0.25) is 0 Å². The number of aryl methyl sites for hydroxylation is 1. The van der Waals surface area contributed by atoms with Crippen LogP contribution in [-0.2, 0) is 7.05 Å². The number of aromatic nitrogens is 2. The van der Waals surface area contributed by atoms with E-state index in [0.29, 0.717) is 0 Å². The van der Waals surface area contributed by atoms with Crippen molar-refractivity contribution in [3.05, 3.63) is 30.9 Å². The van der Waals surface area contributed by atoms with Gasteiger partial charge in [0.1, 0.15) is 0 Å². The van der Waals surface area contributed by atoms with Gasteiger partial charge in [-0.2, -0.15) is 0 Å². The molecule has 0 amide bonds. The SMILES string of the molecule is C=CC(NC)c1cncn1C. The van der Waals surface area contributed by atoms with E-state index in [4.69, 9.17) is 0 Å². The molecule has 3 heteroatoms. The summed E-state index contributed by atoms with van der Waals surface area (Å²) in [5.74, 6) is 0. The van der Waals surface area contributed by atoms with Crippen molar-refractivity contribution in [3.63, 3.8) is 0 Å². The second-order valence-corrected chi connectivity index (χ2v) is 2.43. The molecule has 1 aromatic heterocycles. The van der Waals surface area contributed by atoms with Crippen molar-refractivity contribution >= 4 is 0 Å². The zero-order valence-corrected chi connectivity index (χ0v) is 6.91. The van der Waals surface area contributed by atoms with Crippen LogP contribution in [0.5, 0.6) is 0 Å². The number of imidazole rings is 1. The Labute approximate surface area is 66.8 Å². The lowest BCUT2D eigenvalue weighted by atomic mass is 10.2. The van der Waals surface area contributed by atoms with Gasteiger partial charge in [0.05, 0.1) is 24.3 Å². The average molecular weight is 151 g/mol. The van der Waals surface area contributed by atoms with E-state index in [1.54, 1.807) is 6.33 Å². The van der Waals surface area contributed by atoms with E-state index in [1.807, 2.05) is 30.9 Å². The molecule has 1 atom stereocenters. The second kappa shape index (κ2) is 3.34. The topological polar surface area (TPSA) is 29.9 Å². The zero-order chi connectivity index (χ0) is 8.27. The van der Waals surface area contributed by atoms with Gasteiger partial charge in [-0.15, -0.1) is 6.58 Å². The minimum absolute atomic E-state index is 0.197. The summed E-state index contributed by atoms with van der Waals surface area (Å²) in [5, 5.41) is 3.12. The van der Waals surface area contributed by atoms with Crippen LogP contribution in [0, 0.1) is 0 Å². The fourth-order valence-electron chi connectivity index (χ4n) is 1.05. The highest BCUT2D eigenvalue weighted by Crippen LogP contribution is 2.10. The van der Waals surface area contributed by atoms with E-state index >= 15 is 0 Å². The lowest BCUT2D eigenvalue weighted by molar-refractivity contribution is 0.657. The summed E-state index contributed by atoms with van der Waals surface area (Å²) in [5.41, 5.74) is 1.13. The summed E-state index contributed by atoms with van der Waals surface area (Å²) < 4.78 is 1.98. The zero-order valence-electron chi connectivity index (χ0n) is 6.91. The van der Waals surface area contributed by atoms with E-state index in [0.717, 1.165) is 5.69 Å². The average Bonchev–Trinajstić information content (AvgIpc) is 2.40. The predicted molar refractivity (Wildman–Crippen MR) is 45.2 cm³/mol. The number of nitrogens with zero attached hydrogens (tertiary/aromatic N) is 2. The van der Waals surface area contributed by atoms with Crippen LogP contribution in [0.1, 0.15) is 11.7 Å². The molecule has 0 spiro atoms. The molecule has 1 aromatic rings. The van der Waals surface area contributed by atoms with Crippen molar-refractivity contribution < 1.29 is 0 Å². The maximum atomic E-state index is 4.01. The van der Waals surface area contributed by atoms with Gasteiger partial charge in [0.2, 0.25) is 0 Å². The van der Waals surface area contributed by atoms with Crippen molar-refractivity contribution in [2.75, 3.05) is 7.05 Å². The maximum Gasteiger partial charge on any atom is 0.0946 e. The normalized spacial score (nSPS) is 12.9. The molecule has 1 rings (SSSR count). The summed E-state index contributed by atoms with van der Waals surface area (Å²) in [4.78, 5) is 4.01. The number of rotatable bonds is 3. The lowest BCUT2D eigenvalue weighted by Gasteiger charge is -2.10. The predicted octanol–water partition coefficient (Wildman–Crippen LogP) is 0.867. The maximum absolute atomic E-state index is 4.01. The van der Waals surface area contributed by atoms with E-state index in [-0.39, 0.29) is 6.04 Å². The van der Waals surface area contributed by atoms with Gasteiger partial charge < -0.3 is 9.88 Å². The molecule has 1 heterocycles. The largest absolute Gasteiger partial charge is 0.336 e. The first-order valence-electron chi connectivity index (χ1n) is 3.55. The Morgan fingerprint density at radius 2 is 2.55 bits per heavy atom. The molecule has 60 valence electrons. The number of nitrogens with one attached hydrogen (secondary N) is 1. The Balaban J connectivity index is 2.89. The molecule has 1 N–H and O–H groups in total. The molecule has 0 aliphatic carbocycles. The Hall–Kier alpha value is -1.09. The highest BCUT2D eigenvalue weighted by atomic mass is 15.1. The highest BCUT2D eigenvalue weighted by molar-refractivity contribution is 5.10. The van der Waals surface area contributed by atoms with Crippen LogP contribution in [0.3, 0.4) is 0 Å². The molecule has 0 aliphatic rings. The van der Waals surface area contributed by atoms with Crippen LogP contribution < -0.4 is 5.32 Å². The van der Waals surface area contributed by atoms with Gasteiger partial charge in [0.25, 0.3) is 0 Å². The summed E-state index contributed by atoms with van der Waals surface area (Å²) in [7, 11) is 3.87. The summed E-state index contributed by atoms with van der Waals surface area (Å²) in [6.07, 6.45) is 5.48. The second-order valence-electron chi connectivity index (χ2n) is 2.43. The molecule has 0 aromatic carbocycles. The fraction of sp³-hybridized carbons (Fsp3) is 0.375. The molecule has 0 aliphatic heterocycles. The molecule has 0 radical (unpaired) electrons. The van der Waals surface area contributed by atoms with Crippen molar-refractivity contribution in [2.45, 2.75) is 6.04 Å². The molecule has 0 saturated carbocycles. The summed E-state index contributed by atoms with van der Waals surface area (Å²) in [6.45, 7) is 3.73. The smallest absolute Gasteiger partial charge is 0.0946 e. The van der Waals surface area contributed by atoms with Crippen molar-refractivity contribution in [3.8, 4) is 0 Å². The molecule has 0 fully saturated rings.